The van der Waals surface area contributed by atoms with Gasteiger partial charge in [-0.25, -0.2) is 0 Å². The van der Waals surface area contributed by atoms with Crippen LogP contribution < -0.4 is 9.44 Å². The Hall–Kier alpha value is -0.960. The van der Waals surface area contributed by atoms with Gasteiger partial charge in [-0.05, 0) is 90.6 Å². The van der Waals surface area contributed by atoms with Crippen molar-refractivity contribution in [3.8, 4) is 11.3 Å². The molecule has 5 nitrogen and oxygen atoms in total. The third-order valence-electron chi connectivity index (χ3n) is 9.05. The molecule has 0 radical (unpaired) electrons. The summed E-state index contributed by atoms with van der Waals surface area (Å²) in [5.74, 6) is 1.48. The molecule has 1 saturated carbocycles. The maximum absolute atomic E-state index is 6.05. The van der Waals surface area contributed by atoms with E-state index in [4.69, 9.17) is 9.47 Å². The molecule has 1 saturated heterocycles. The number of ether oxygens (including phenoxy) is 2. The Morgan fingerprint density at radius 2 is 1.71 bits per heavy atom. The molecular formula is C34H55N3O2S2. The molecule has 41 heavy (non-hydrogen) atoms. The van der Waals surface area contributed by atoms with Crippen LogP contribution >= 0.6 is 24.8 Å². The summed E-state index contributed by atoms with van der Waals surface area (Å²) in [6.45, 7) is 20.0. The van der Waals surface area contributed by atoms with Gasteiger partial charge >= 0.3 is 0 Å². The number of aromatic nitrogens is 1. The second-order valence-electron chi connectivity index (χ2n) is 14.0. The van der Waals surface area contributed by atoms with Crippen molar-refractivity contribution in [2.24, 2.45) is 11.8 Å². The van der Waals surface area contributed by atoms with Gasteiger partial charge in [0.1, 0.15) is 0 Å². The Kier molecular flexibility index (Phi) is 12.2. The van der Waals surface area contributed by atoms with Crippen molar-refractivity contribution < 1.29 is 9.47 Å². The van der Waals surface area contributed by atoms with Gasteiger partial charge in [-0.1, -0.05) is 78.8 Å². The van der Waals surface area contributed by atoms with Crippen LogP contribution in [0.2, 0.25) is 0 Å². The Balaban J connectivity index is 1.64. The predicted octanol–water partition coefficient (Wildman–Crippen LogP) is 8.09. The van der Waals surface area contributed by atoms with Crippen molar-refractivity contribution in [3.05, 3.63) is 41.1 Å². The molecule has 2 N–H and O–H groups in total. The van der Waals surface area contributed by atoms with Crippen LogP contribution in [-0.2, 0) is 26.8 Å². The average molecular weight is 602 g/mol. The van der Waals surface area contributed by atoms with Crippen LogP contribution in [0.1, 0.15) is 96.4 Å². The molecule has 1 aromatic carbocycles. The van der Waals surface area contributed by atoms with E-state index in [1.807, 2.05) is 11.9 Å². The van der Waals surface area contributed by atoms with Gasteiger partial charge in [0.2, 0.25) is 0 Å². The van der Waals surface area contributed by atoms with E-state index in [0.717, 1.165) is 51.6 Å². The van der Waals surface area contributed by atoms with E-state index in [0.29, 0.717) is 19.1 Å². The first-order chi connectivity index (χ1) is 19.6. The van der Waals surface area contributed by atoms with Gasteiger partial charge in [0, 0.05) is 54.5 Å². The van der Waals surface area contributed by atoms with Crippen molar-refractivity contribution in [2.75, 3.05) is 39.5 Å². The zero-order valence-electron chi connectivity index (χ0n) is 26.5. The highest BCUT2D eigenvalue weighted by Gasteiger charge is 2.30. The fraction of sp³-hybridized carbons (Fsp3) is 0.706. The lowest BCUT2D eigenvalue weighted by molar-refractivity contribution is 0.0680. The number of hydrogen-bond donors (Lipinski definition) is 3. The summed E-state index contributed by atoms with van der Waals surface area (Å²) in [5, 5.41) is 0. The third-order valence-corrected chi connectivity index (χ3v) is 10.2. The minimum Gasteiger partial charge on any atom is -0.381 e. The molecule has 1 aromatic heterocycles. The van der Waals surface area contributed by atoms with E-state index in [1.165, 1.54) is 65.1 Å². The summed E-state index contributed by atoms with van der Waals surface area (Å²) in [6.07, 6.45) is 9.17. The first kappa shape index (κ1) is 32.9. The van der Waals surface area contributed by atoms with E-state index in [2.05, 4.69) is 92.6 Å². The van der Waals surface area contributed by atoms with E-state index in [-0.39, 0.29) is 10.8 Å². The van der Waals surface area contributed by atoms with Crippen LogP contribution in [0.5, 0.6) is 0 Å². The lowest BCUT2D eigenvalue weighted by Gasteiger charge is -2.33. The number of thiol groups is 1. The van der Waals surface area contributed by atoms with Crippen molar-refractivity contribution in [2.45, 2.75) is 109 Å². The summed E-state index contributed by atoms with van der Waals surface area (Å²) in [7, 11) is 0. The van der Waals surface area contributed by atoms with Crippen LogP contribution in [0.15, 0.2) is 29.2 Å². The average Bonchev–Trinajstić information content (AvgIpc) is 3.26. The molecule has 0 bridgehead atoms. The number of benzene rings is 1. The highest BCUT2D eigenvalue weighted by Crippen LogP contribution is 2.40. The zero-order valence-corrected chi connectivity index (χ0v) is 28.2. The SMILES string of the molecule is Cc1c(SNCC2CCOCC2)cc(-c2ccc(C(C)(C)COCCNS)c(C(C)(C)C)c2)n1CC1CCCCC1. The number of rotatable bonds is 13. The second-order valence-corrected chi connectivity index (χ2v) is 15.2. The predicted molar refractivity (Wildman–Crippen MR) is 178 cm³/mol. The van der Waals surface area contributed by atoms with Gasteiger partial charge in [0.15, 0.2) is 0 Å². The van der Waals surface area contributed by atoms with Crippen LogP contribution in [0.3, 0.4) is 0 Å². The van der Waals surface area contributed by atoms with E-state index in [9.17, 15) is 0 Å². The summed E-state index contributed by atoms with van der Waals surface area (Å²) in [6, 6.07) is 9.65. The molecule has 0 spiro atoms. The summed E-state index contributed by atoms with van der Waals surface area (Å²) < 4.78 is 20.9. The van der Waals surface area contributed by atoms with Gasteiger partial charge in [0.25, 0.3) is 0 Å². The van der Waals surface area contributed by atoms with Gasteiger partial charge in [-0.2, -0.15) is 0 Å². The molecule has 2 aliphatic rings. The number of hydrogen-bond acceptors (Lipinski definition) is 6. The summed E-state index contributed by atoms with van der Waals surface area (Å²) in [5.41, 5.74) is 6.79. The molecule has 2 fully saturated rings. The molecule has 1 aliphatic heterocycles. The number of nitrogens with zero attached hydrogens (tertiary/aromatic N) is 1. The van der Waals surface area contributed by atoms with Crippen LogP contribution in [0.4, 0.5) is 0 Å². The Labute approximate surface area is 260 Å². The second kappa shape index (κ2) is 15.2. The summed E-state index contributed by atoms with van der Waals surface area (Å²) in [4.78, 5) is 1.36. The van der Waals surface area contributed by atoms with Crippen LogP contribution in [0.25, 0.3) is 11.3 Å². The molecule has 2 heterocycles. The van der Waals surface area contributed by atoms with Crippen molar-refractivity contribution in [1.29, 1.82) is 0 Å². The molecule has 0 atom stereocenters. The zero-order chi connectivity index (χ0) is 29.5. The first-order valence-corrected chi connectivity index (χ1v) is 17.1. The maximum Gasteiger partial charge on any atom is 0.0600 e. The van der Waals surface area contributed by atoms with E-state index >= 15 is 0 Å². The molecule has 0 unspecified atom stereocenters. The quantitative estimate of drug-likeness (QED) is 0.123. The van der Waals surface area contributed by atoms with Gasteiger partial charge in [-0.15, -0.1) is 0 Å². The minimum absolute atomic E-state index is 0.0218. The topological polar surface area (TPSA) is 47.4 Å². The Bertz CT molecular complexity index is 1100. The highest BCUT2D eigenvalue weighted by molar-refractivity contribution is 7.97. The van der Waals surface area contributed by atoms with Gasteiger partial charge < -0.3 is 14.0 Å². The fourth-order valence-electron chi connectivity index (χ4n) is 6.45. The minimum atomic E-state index is -0.0904. The molecule has 7 heteroatoms. The molecule has 4 rings (SSSR count). The van der Waals surface area contributed by atoms with Crippen molar-refractivity contribution in [3.63, 3.8) is 0 Å². The Morgan fingerprint density at radius 1 is 0.976 bits per heavy atom. The standard InChI is InChI=1S/C34H55N3O2S2/c1-25-32(41-36-22-26-14-17-38-18-15-26)21-31(37(25)23-27-10-8-7-9-11-27)28-12-13-29(30(20-28)33(2,3)4)34(5,6)24-39-19-16-35-40/h12-13,20-21,26-27,35-36,40H,7-11,14-19,22-24H2,1-6H3. The van der Waals surface area contributed by atoms with Gasteiger partial charge in [-0.3, -0.25) is 9.44 Å². The first-order valence-electron chi connectivity index (χ1n) is 15.9. The fourth-order valence-corrected chi connectivity index (χ4v) is 7.45. The monoisotopic (exact) mass is 601 g/mol. The van der Waals surface area contributed by atoms with E-state index in [1.54, 1.807) is 0 Å². The molecule has 1 aliphatic carbocycles. The highest BCUT2D eigenvalue weighted by atomic mass is 32.2. The molecule has 2 aromatic rings. The smallest absolute Gasteiger partial charge is 0.0600 e. The van der Waals surface area contributed by atoms with Crippen LogP contribution in [-0.4, -0.2) is 44.1 Å². The molecular weight excluding hydrogens is 547 g/mol. The number of nitrogens with one attached hydrogen (secondary N) is 2. The maximum atomic E-state index is 6.05. The molecule has 230 valence electrons. The van der Waals surface area contributed by atoms with Gasteiger partial charge in [0.05, 0.1) is 13.2 Å². The normalized spacial score (nSPS) is 17.8. The largest absolute Gasteiger partial charge is 0.381 e. The lowest BCUT2D eigenvalue weighted by atomic mass is 9.74. The van der Waals surface area contributed by atoms with Crippen molar-refractivity contribution in [1.82, 2.24) is 14.0 Å². The molecule has 0 amide bonds. The van der Waals surface area contributed by atoms with Crippen LogP contribution in [0, 0.1) is 18.8 Å². The third kappa shape index (κ3) is 9.02. The van der Waals surface area contributed by atoms with Crippen molar-refractivity contribution >= 4 is 24.8 Å². The Morgan fingerprint density at radius 3 is 2.39 bits per heavy atom. The lowest BCUT2D eigenvalue weighted by Crippen LogP contribution is -2.30. The summed E-state index contributed by atoms with van der Waals surface area (Å²) >= 11 is 5.92. The van der Waals surface area contributed by atoms with E-state index < -0.39 is 0 Å².